The number of nitrogens with two attached hydrogens (primary N) is 1. The van der Waals surface area contributed by atoms with Crippen molar-refractivity contribution in [3.8, 4) is 0 Å². The molecule has 1 aromatic rings. The maximum absolute atomic E-state index is 11.4. The second kappa shape index (κ2) is 4.97. The van der Waals surface area contributed by atoms with Gasteiger partial charge in [0.25, 0.3) is 15.2 Å². The van der Waals surface area contributed by atoms with E-state index in [0.717, 1.165) is 37.4 Å². The van der Waals surface area contributed by atoms with Gasteiger partial charge in [-0.1, -0.05) is 19.8 Å². The Bertz CT molecular complexity index is 515. The molecule has 0 bridgehead atoms. The first kappa shape index (κ1) is 13.5. The van der Waals surface area contributed by atoms with Crippen molar-refractivity contribution in [1.29, 1.82) is 0 Å². The van der Waals surface area contributed by atoms with Crippen molar-refractivity contribution < 1.29 is 8.42 Å². The predicted octanol–water partition coefficient (Wildman–Crippen LogP) is 1.24. The molecule has 2 rings (SSSR count). The number of rotatable bonds is 3. The monoisotopic (exact) mass is 272 g/mol. The van der Waals surface area contributed by atoms with Crippen LogP contribution < -0.4 is 5.14 Å². The number of nitrogens with zero attached hydrogens (tertiary/aromatic N) is 3. The third-order valence-corrected chi connectivity index (χ3v) is 4.51. The van der Waals surface area contributed by atoms with Gasteiger partial charge in [0.2, 0.25) is 0 Å². The zero-order valence-electron chi connectivity index (χ0n) is 10.8. The van der Waals surface area contributed by atoms with Crippen LogP contribution >= 0.6 is 0 Å². The molecule has 2 N–H and O–H groups in total. The summed E-state index contributed by atoms with van der Waals surface area (Å²) in [7, 11) is -3.78. The predicted molar refractivity (Wildman–Crippen MR) is 67.4 cm³/mol. The quantitative estimate of drug-likeness (QED) is 0.896. The summed E-state index contributed by atoms with van der Waals surface area (Å²) in [5.74, 6) is 1.83. The molecule has 1 aliphatic rings. The first-order valence-electron chi connectivity index (χ1n) is 6.39. The summed E-state index contributed by atoms with van der Waals surface area (Å²) in [5, 5.41) is 12.8. The third kappa shape index (κ3) is 2.56. The first-order valence-corrected chi connectivity index (χ1v) is 7.94. The van der Waals surface area contributed by atoms with Gasteiger partial charge in [-0.25, -0.2) is 13.6 Å². The lowest BCUT2D eigenvalue weighted by Gasteiger charge is -2.25. The van der Waals surface area contributed by atoms with E-state index in [0.29, 0.717) is 12.5 Å². The standard InChI is InChI=1S/C11H20N4O2S/c1-3-15-10(9-6-4-8(2)5-7-9)13-14-11(15)18(12,16)17/h8-9H,3-7H2,1-2H3,(H2,12,16,17). The van der Waals surface area contributed by atoms with Crippen LogP contribution in [-0.4, -0.2) is 23.2 Å². The number of hydrogen-bond donors (Lipinski definition) is 1. The van der Waals surface area contributed by atoms with Gasteiger partial charge in [-0.3, -0.25) is 0 Å². The van der Waals surface area contributed by atoms with E-state index in [2.05, 4.69) is 17.1 Å². The lowest BCUT2D eigenvalue weighted by molar-refractivity contribution is 0.332. The molecular formula is C11H20N4O2S. The summed E-state index contributed by atoms with van der Waals surface area (Å²) in [4.78, 5) is 0. The van der Waals surface area contributed by atoms with E-state index in [1.807, 2.05) is 6.92 Å². The van der Waals surface area contributed by atoms with Gasteiger partial charge < -0.3 is 4.57 Å². The van der Waals surface area contributed by atoms with Crippen LogP contribution in [0, 0.1) is 5.92 Å². The number of aromatic nitrogens is 3. The average Bonchev–Trinajstić information content (AvgIpc) is 2.73. The fourth-order valence-electron chi connectivity index (χ4n) is 2.63. The minimum absolute atomic E-state index is 0.112. The molecule has 102 valence electrons. The maximum Gasteiger partial charge on any atom is 0.273 e. The molecule has 1 aromatic heterocycles. The molecule has 1 heterocycles. The molecule has 0 saturated heterocycles. The highest BCUT2D eigenvalue weighted by atomic mass is 32.2. The van der Waals surface area contributed by atoms with Crippen LogP contribution in [0.4, 0.5) is 0 Å². The Labute approximate surface area is 108 Å². The van der Waals surface area contributed by atoms with Crippen LogP contribution in [0.1, 0.15) is 51.3 Å². The fourth-order valence-corrected chi connectivity index (χ4v) is 3.31. The van der Waals surface area contributed by atoms with Gasteiger partial charge in [0.05, 0.1) is 0 Å². The Balaban J connectivity index is 2.32. The number of primary sulfonamides is 1. The first-order chi connectivity index (χ1) is 8.43. The third-order valence-electron chi connectivity index (χ3n) is 3.70. The summed E-state index contributed by atoms with van der Waals surface area (Å²) in [5.41, 5.74) is 0. The fraction of sp³-hybridized carbons (Fsp3) is 0.818. The van der Waals surface area contributed by atoms with Crippen molar-refractivity contribution in [2.45, 2.75) is 57.1 Å². The average molecular weight is 272 g/mol. The van der Waals surface area contributed by atoms with Crippen molar-refractivity contribution in [2.75, 3.05) is 0 Å². The van der Waals surface area contributed by atoms with Gasteiger partial charge in [-0.05, 0) is 25.7 Å². The minimum Gasteiger partial charge on any atom is -0.301 e. The highest BCUT2D eigenvalue weighted by molar-refractivity contribution is 7.89. The van der Waals surface area contributed by atoms with E-state index in [4.69, 9.17) is 5.14 Å². The molecule has 0 aromatic carbocycles. The van der Waals surface area contributed by atoms with E-state index in [9.17, 15) is 8.42 Å². The van der Waals surface area contributed by atoms with E-state index in [1.54, 1.807) is 4.57 Å². The molecule has 0 radical (unpaired) electrons. The molecule has 1 saturated carbocycles. The Morgan fingerprint density at radius 2 is 1.89 bits per heavy atom. The highest BCUT2D eigenvalue weighted by Gasteiger charge is 2.27. The van der Waals surface area contributed by atoms with Crippen molar-refractivity contribution in [3.05, 3.63) is 5.82 Å². The van der Waals surface area contributed by atoms with Crippen LogP contribution in [0.2, 0.25) is 0 Å². The number of sulfonamides is 1. The summed E-state index contributed by atoms with van der Waals surface area (Å²) < 4.78 is 24.5. The highest BCUT2D eigenvalue weighted by Crippen LogP contribution is 2.35. The lowest BCUT2D eigenvalue weighted by Crippen LogP contribution is -2.21. The molecule has 0 aliphatic heterocycles. The summed E-state index contributed by atoms with van der Waals surface area (Å²) in [6, 6.07) is 0. The van der Waals surface area contributed by atoms with Crippen LogP contribution in [0.25, 0.3) is 0 Å². The molecule has 18 heavy (non-hydrogen) atoms. The van der Waals surface area contributed by atoms with E-state index < -0.39 is 10.0 Å². The van der Waals surface area contributed by atoms with E-state index in [-0.39, 0.29) is 5.16 Å². The van der Waals surface area contributed by atoms with Gasteiger partial charge in [0.15, 0.2) is 0 Å². The molecule has 0 atom stereocenters. The minimum atomic E-state index is -3.78. The molecular weight excluding hydrogens is 252 g/mol. The zero-order valence-corrected chi connectivity index (χ0v) is 11.7. The second-order valence-electron chi connectivity index (χ2n) is 5.09. The van der Waals surface area contributed by atoms with Crippen LogP contribution in [0.3, 0.4) is 0 Å². The Kier molecular flexibility index (Phi) is 3.72. The molecule has 0 amide bonds. The van der Waals surface area contributed by atoms with E-state index in [1.165, 1.54) is 0 Å². The Morgan fingerprint density at radius 1 is 1.28 bits per heavy atom. The largest absolute Gasteiger partial charge is 0.301 e. The van der Waals surface area contributed by atoms with Crippen molar-refractivity contribution >= 4 is 10.0 Å². The van der Waals surface area contributed by atoms with Crippen molar-refractivity contribution in [2.24, 2.45) is 11.1 Å². The smallest absolute Gasteiger partial charge is 0.273 e. The second-order valence-corrected chi connectivity index (χ2v) is 6.54. The van der Waals surface area contributed by atoms with E-state index >= 15 is 0 Å². The Hall–Kier alpha value is -0.950. The van der Waals surface area contributed by atoms with Gasteiger partial charge in [-0.2, -0.15) is 0 Å². The molecule has 6 nitrogen and oxygen atoms in total. The Morgan fingerprint density at radius 3 is 2.39 bits per heavy atom. The topological polar surface area (TPSA) is 90.9 Å². The molecule has 0 unspecified atom stereocenters. The van der Waals surface area contributed by atoms with Gasteiger partial charge >= 0.3 is 0 Å². The lowest BCUT2D eigenvalue weighted by atomic mass is 9.82. The summed E-state index contributed by atoms with van der Waals surface area (Å²) in [6.07, 6.45) is 4.41. The zero-order chi connectivity index (χ0) is 13.3. The maximum atomic E-state index is 11.4. The molecule has 1 fully saturated rings. The van der Waals surface area contributed by atoms with Crippen LogP contribution in [0.5, 0.6) is 0 Å². The molecule has 7 heteroatoms. The summed E-state index contributed by atoms with van der Waals surface area (Å²) in [6.45, 7) is 4.66. The SMILES string of the molecule is CCn1c(C2CCC(C)CC2)nnc1S(N)(=O)=O. The van der Waals surface area contributed by atoms with Gasteiger partial charge in [0.1, 0.15) is 5.82 Å². The molecule has 1 aliphatic carbocycles. The van der Waals surface area contributed by atoms with Crippen LogP contribution in [0.15, 0.2) is 5.16 Å². The van der Waals surface area contributed by atoms with Crippen molar-refractivity contribution in [1.82, 2.24) is 14.8 Å². The van der Waals surface area contributed by atoms with Gasteiger partial charge in [0, 0.05) is 12.5 Å². The normalized spacial score (nSPS) is 25.3. The van der Waals surface area contributed by atoms with Crippen LogP contribution in [-0.2, 0) is 16.6 Å². The van der Waals surface area contributed by atoms with Gasteiger partial charge in [-0.15, -0.1) is 10.2 Å². The van der Waals surface area contributed by atoms with Crippen molar-refractivity contribution in [3.63, 3.8) is 0 Å². The summed E-state index contributed by atoms with van der Waals surface area (Å²) >= 11 is 0. The number of hydrogen-bond acceptors (Lipinski definition) is 4. The molecule has 0 spiro atoms.